The summed E-state index contributed by atoms with van der Waals surface area (Å²) in [6.07, 6.45) is 0.432. The maximum atomic E-state index is 11.5. The van der Waals surface area contributed by atoms with Crippen molar-refractivity contribution >= 4 is 25.7 Å². The Morgan fingerprint density at radius 1 is 1.53 bits per heavy atom. The number of fused-ring (bicyclic) bond motifs is 1. The Hall–Kier alpha value is -1.27. The van der Waals surface area contributed by atoms with Gasteiger partial charge < -0.3 is 9.47 Å². The van der Waals surface area contributed by atoms with Gasteiger partial charge in [-0.25, -0.2) is 8.42 Å². The van der Waals surface area contributed by atoms with Gasteiger partial charge in [-0.2, -0.15) is 0 Å². The summed E-state index contributed by atoms with van der Waals surface area (Å²) >= 11 is 0. The van der Waals surface area contributed by atoms with Crippen LogP contribution in [-0.4, -0.2) is 21.0 Å². The van der Waals surface area contributed by atoms with Gasteiger partial charge >= 0.3 is 5.97 Å². The minimum absolute atomic E-state index is 0.0324. The number of hydrogen-bond acceptors (Lipinski definition) is 5. The third-order valence-corrected chi connectivity index (χ3v) is 4.08. The number of carbonyl (C=O) groups is 1. The molecule has 104 valence electrons. The maximum Gasteiger partial charge on any atom is 0.306 e. The van der Waals surface area contributed by atoms with Gasteiger partial charge in [0.15, 0.2) is 6.10 Å². The number of carbonyl (C=O) groups excluding carboxylic acids is 1. The minimum atomic E-state index is -3.81. The smallest absolute Gasteiger partial charge is 0.306 e. The molecular formula is C12H13ClO5S. The fraction of sp³-hybridized carbons (Fsp3) is 0.417. The maximum absolute atomic E-state index is 11.5. The number of rotatable bonds is 4. The van der Waals surface area contributed by atoms with Crippen LogP contribution in [0.3, 0.4) is 0 Å². The van der Waals surface area contributed by atoms with E-state index in [1.807, 2.05) is 6.92 Å². The van der Waals surface area contributed by atoms with E-state index in [1.54, 1.807) is 0 Å². The first-order chi connectivity index (χ1) is 8.91. The fourth-order valence-electron chi connectivity index (χ4n) is 1.84. The normalized spacial score (nSPS) is 17.7. The monoisotopic (exact) mass is 304 g/mol. The zero-order valence-electron chi connectivity index (χ0n) is 10.3. The molecule has 0 aromatic heterocycles. The predicted molar refractivity (Wildman–Crippen MR) is 68.7 cm³/mol. The van der Waals surface area contributed by atoms with Crippen molar-refractivity contribution in [2.45, 2.75) is 30.8 Å². The predicted octanol–water partition coefficient (Wildman–Crippen LogP) is 2.39. The molecule has 5 nitrogen and oxygen atoms in total. The summed E-state index contributed by atoms with van der Waals surface area (Å²) in [4.78, 5) is 11.4. The summed E-state index contributed by atoms with van der Waals surface area (Å²) in [6, 6.07) is 4.25. The fourth-order valence-corrected chi connectivity index (χ4v) is 2.62. The molecule has 1 aromatic rings. The van der Waals surface area contributed by atoms with Crippen molar-refractivity contribution in [2.24, 2.45) is 0 Å². The van der Waals surface area contributed by atoms with Gasteiger partial charge in [0.2, 0.25) is 0 Å². The molecule has 0 saturated heterocycles. The number of esters is 1. The van der Waals surface area contributed by atoms with Crippen LogP contribution in [0.5, 0.6) is 5.75 Å². The van der Waals surface area contributed by atoms with Crippen LogP contribution >= 0.6 is 10.7 Å². The standard InChI is InChI=1S/C12H13ClO5S/c1-2-3-12(14)18-11-7-17-10-5-4-8(6-9(10)11)19(13,15)16/h4-6,11H,2-3,7H2,1H3. The second-order valence-corrected chi connectivity index (χ2v) is 6.74. The lowest BCUT2D eigenvalue weighted by atomic mass is 10.1. The Kier molecular flexibility index (Phi) is 4.01. The highest BCUT2D eigenvalue weighted by atomic mass is 35.7. The molecule has 0 saturated carbocycles. The van der Waals surface area contributed by atoms with Gasteiger partial charge in [0.05, 0.1) is 4.90 Å². The van der Waals surface area contributed by atoms with Crippen LogP contribution in [0.25, 0.3) is 0 Å². The van der Waals surface area contributed by atoms with Crippen LogP contribution in [0.15, 0.2) is 23.1 Å². The zero-order valence-corrected chi connectivity index (χ0v) is 11.8. The molecule has 1 heterocycles. The summed E-state index contributed by atoms with van der Waals surface area (Å²) in [5.41, 5.74) is 0.533. The summed E-state index contributed by atoms with van der Waals surface area (Å²) < 4.78 is 33.1. The molecule has 0 amide bonds. The Morgan fingerprint density at radius 2 is 2.26 bits per heavy atom. The van der Waals surface area contributed by atoms with Crippen LogP contribution in [0.4, 0.5) is 0 Å². The quantitative estimate of drug-likeness (QED) is 0.631. The van der Waals surface area contributed by atoms with Crippen LogP contribution < -0.4 is 4.74 Å². The molecule has 1 unspecified atom stereocenters. The van der Waals surface area contributed by atoms with Gasteiger partial charge in [-0.15, -0.1) is 0 Å². The highest BCUT2D eigenvalue weighted by Gasteiger charge is 2.29. The largest absolute Gasteiger partial charge is 0.489 e. The second kappa shape index (κ2) is 5.38. The number of benzene rings is 1. The van der Waals surface area contributed by atoms with Gasteiger partial charge in [-0.05, 0) is 24.6 Å². The van der Waals surface area contributed by atoms with E-state index in [4.69, 9.17) is 20.2 Å². The van der Waals surface area contributed by atoms with Gasteiger partial charge in [0.25, 0.3) is 9.05 Å². The Bertz CT molecular complexity index is 596. The summed E-state index contributed by atoms with van der Waals surface area (Å²) in [6.45, 7) is 2.06. The van der Waals surface area contributed by atoms with Crippen molar-refractivity contribution in [1.82, 2.24) is 0 Å². The lowest BCUT2D eigenvalue weighted by Crippen LogP contribution is -2.12. The third kappa shape index (κ3) is 3.19. The zero-order chi connectivity index (χ0) is 14.0. The van der Waals surface area contributed by atoms with Gasteiger partial charge in [-0.1, -0.05) is 6.92 Å². The number of ether oxygens (including phenoxy) is 2. The highest BCUT2D eigenvalue weighted by molar-refractivity contribution is 8.13. The SMILES string of the molecule is CCCC(=O)OC1COc2ccc(S(=O)(=O)Cl)cc21. The molecular weight excluding hydrogens is 292 g/mol. The van der Waals surface area contributed by atoms with E-state index in [-0.39, 0.29) is 17.5 Å². The van der Waals surface area contributed by atoms with E-state index in [9.17, 15) is 13.2 Å². The van der Waals surface area contributed by atoms with Gasteiger partial charge in [0, 0.05) is 22.7 Å². The van der Waals surface area contributed by atoms with Crippen LogP contribution in [0, 0.1) is 0 Å². The Balaban J connectivity index is 2.25. The van der Waals surface area contributed by atoms with E-state index in [2.05, 4.69) is 0 Å². The van der Waals surface area contributed by atoms with Crippen LogP contribution in [0.1, 0.15) is 31.4 Å². The summed E-state index contributed by atoms with van der Waals surface area (Å²) in [5.74, 6) is 0.182. The van der Waals surface area contributed by atoms with E-state index in [0.29, 0.717) is 24.2 Å². The van der Waals surface area contributed by atoms with Crippen molar-refractivity contribution in [2.75, 3.05) is 6.61 Å². The lowest BCUT2D eigenvalue weighted by molar-refractivity contribution is -0.149. The first kappa shape index (κ1) is 14.1. The average Bonchev–Trinajstić information content (AvgIpc) is 2.71. The second-order valence-electron chi connectivity index (χ2n) is 4.18. The summed E-state index contributed by atoms with van der Waals surface area (Å²) in [7, 11) is 1.48. The van der Waals surface area contributed by atoms with Crippen molar-refractivity contribution in [1.29, 1.82) is 0 Å². The molecule has 0 aliphatic carbocycles. The Morgan fingerprint density at radius 3 is 2.89 bits per heavy atom. The molecule has 0 spiro atoms. The molecule has 0 bridgehead atoms. The first-order valence-electron chi connectivity index (χ1n) is 5.82. The van der Waals surface area contributed by atoms with Crippen molar-refractivity contribution in [3.05, 3.63) is 23.8 Å². The van der Waals surface area contributed by atoms with Crippen LogP contribution in [0.2, 0.25) is 0 Å². The van der Waals surface area contributed by atoms with E-state index < -0.39 is 15.2 Å². The third-order valence-electron chi connectivity index (χ3n) is 2.73. The van der Waals surface area contributed by atoms with Crippen LogP contribution in [-0.2, 0) is 18.6 Å². The molecule has 0 radical (unpaired) electrons. The lowest BCUT2D eigenvalue weighted by Gasteiger charge is -2.11. The molecule has 1 aliphatic heterocycles. The molecule has 2 rings (SSSR count). The average molecular weight is 305 g/mol. The first-order valence-corrected chi connectivity index (χ1v) is 8.13. The summed E-state index contributed by atoms with van der Waals surface area (Å²) in [5, 5.41) is 0. The molecule has 1 aliphatic rings. The van der Waals surface area contributed by atoms with Crippen molar-refractivity contribution in [3.63, 3.8) is 0 Å². The molecule has 1 atom stereocenters. The Labute approximate surface area is 115 Å². The topological polar surface area (TPSA) is 69.7 Å². The van der Waals surface area contributed by atoms with E-state index >= 15 is 0 Å². The van der Waals surface area contributed by atoms with Gasteiger partial charge in [-0.3, -0.25) is 4.79 Å². The van der Waals surface area contributed by atoms with E-state index in [1.165, 1.54) is 18.2 Å². The molecule has 0 N–H and O–H groups in total. The molecule has 1 aromatic carbocycles. The van der Waals surface area contributed by atoms with Gasteiger partial charge in [0.1, 0.15) is 12.4 Å². The molecule has 0 fully saturated rings. The van der Waals surface area contributed by atoms with E-state index in [0.717, 1.165) is 0 Å². The highest BCUT2D eigenvalue weighted by Crippen LogP contribution is 2.36. The molecule has 19 heavy (non-hydrogen) atoms. The molecule has 7 heteroatoms. The van der Waals surface area contributed by atoms with Crippen molar-refractivity contribution < 1.29 is 22.7 Å². The van der Waals surface area contributed by atoms with Crippen molar-refractivity contribution in [3.8, 4) is 5.75 Å². The number of halogens is 1. The minimum Gasteiger partial charge on any atom is -0.489 e. The number of hydrogen-bond donors (Lipinski definition) is 0.